The fraction of sp³-hybridized carbons (Fsp3) is 0. The Morgan fingerprint density at radius 1 is 0.562 bits per heavy atom. The molecule has 0 fully saturated rings. The Morgan fingerprint density at radius 2 is 0.938 bits per heavy atom. The first-order valence-corrected chi connectivity index (χ1v) is 5.27. The molecule has 0 bridgehead atoms. The highest BCUT2D eigenvalue weighted by Gasteiger charge is 1.85. The van der Waals surface area contributed by atoms with Gasteiger partial charge in [-0.2, -0.15) is 0 Å². The minimum atomic E-state index is 0.998. The zero-order valence-corrected chi connectivity index (χ0v) is 9.19. The van der Waals surface area contributed by atoms with E-state index >= 15 is 0 Å². The van der Waals surface area contributed by atoms with Gasteiger partial charge in [-0.3, -0.25) is 0 Å². The van der Waals surface area contributed by atoms with Crippen LogP contribution in [0.15, 0.2) is 60.7 Å². The lowest BCUT2D eigenvalue weighted by Gasteiger charge is -1.92. The summed E-state index contributed by atoms with van der Waals surface area (Å²) in [5, 5.41) is 4.35. The largest absolute Gasteiger partial charge is 0.0917 e. The summed E-state index contributed by atoms with van der Waals surface area (Å²) in [6.07, 6.45) is 0. The van der Waals surface area contributed by atoms with E-state index in [1.165, 1.54) is 10.8 Å². The first kappa shape index (κ1) is 10.4. The van der Waals surface area contributed by atoms with Gasteiger partial charge < -0.3 is 0 Å². The maximum Gasteiger partial charge on any atom is -0.0178 e. The maximum atomic E-state index is 3.99. The predicted molar refractivity (Wildman–Crippen MR) is 71.9 cm³/mol. The van der Waals surface area contributed by atoms with Gasteiger partial charge in [-0.1, -0.05) is 61.7 Å². The lowest BCUT2D eigenvalue weighted by atomic mass is 10.1. The molecule has 2 aromatic rings. The van der Waals surface area contributed by atoms with E-state index in [0.717, 1.165) is 10.4 Å². The van der Waals surface area contributed by atoms with Crippen molar-refractivity contribution in [2.45, 2.75) is 0 Å². The molecular formula is C16H14. The first-order chi connectivity index (χ1) is 7.75. The van der Waals surface area contributed by atoms with E-state index in [2.05, 4.69) is 37.4 Å². The number of rotatable bonds is 0. The van der Waals surface area contributed by atoms with Gasteiger partial charge in [0.25, 0.3) is 0 Å². The second kappa shape index (κ2) is 4.63. The molecule has 16 heavy (non-hydrogen) atoms. The Labute approximate surface area is 95.5 Å². The minimum Gasteiger partial charge on any atom is -0.0917 e. The van der Waals surface area contributed by atoms with Crippen molar-refractivity contribution in [3.63, 3.8) is 0 Å². The van der Waals surface area contributed by atoms with Crippen molar-refractivity contribution in [3.05, 3.63) is 71.1 Å². The van der Waals surface area contributed by atoms with Gasteiger partial charge in [0.15, 0.2) is 0 Å². The van der Waals surface area contributed by atoms with Crippen molar-refractivity contribution < 1.29 is 0 Å². The van der Waals surface area contributed by atoms with Gasteiger partial charge in [0.05, 0.1) is 0 Å². The standard InChI is InChI=1S/C16H14/c1-13-7-3-4-8-14(2)12-16-10-6-5-9-15(16)11-13/h3-12H,1-2H2. The maximum absolute atomic E-state index is 3.99. The molecule has 0 saturated heterocycles. The van der Waals surface area contributed by atoms with Crippen molar-refractivity contribution in [2.75, 3.05) is 0 Å². The molecule has 0 aliphatic heterocycles. The number of fused-ring (bicyclic) bond motifs is 1. The zero-order chi connectivity index (χ0) is 11.4. The quantitative estimate of drug-likeness (QED) is 0.622. The van der Waals surface area contributed by atoms with Crippen LogP contribution in [0.4, 0.5) is 0 Å². The Balaban J connectivity index is 2.98. The molecule has 0 amide bonds. The Kier molecular flexibility index (Phi) is 3.02. The van der Waals surface area contributed by atoms with Crippen molar-refractivity contribution in [2.24, 2.45) is 0 Å². The van der Waals surface area contributed by atoms with Crippen molar-refractivity contribution in [3.8, 4) is 0 Å². The second-order valence-corrected chi connectivity index (χ2v) is 3.79. The van der Waals surface area contributed by atoms with Crippen LogP contribution in [0.25, 0.3) is 23.9 Å². The summed E-state index contributed by atoms with van der Waals surface area (Å²) in [6.45, 7) is 7.99. The Bertz CT molecular complexity index is 593. The van der Waals surface area contributed by atoms with Crippen molar-refractivity contribution in [1.29, 1.82) is 0 Å². The van der Waals surface area contributed by atoms with Crippen LogP contribution in [0, 0.1) is 0 Å². The topological polar surface area (TPSA) is 0 Å². The summed E-state index contributed by atoms with van der Waals surface area (Å²) in [5.74, 6) is 0. The fourth-order valence-electron chi connectivity index (χ4n) is 1.63. The van der Waals surface area contributed by atoms with Gasteiger partial charge in [0, 0.05) is 0 Å². The highest BCUT2D eigenvalue weighted by molar-refractivity contribution is 5.81. The first-order valence-electron chi connectivity index (χ1n) is 5.27. The summed E-state index contributed by atoms with van der Waals surface area (Å²) in [4.78, 5) is 0. The summed E-state index contributed by atoms with van der Waals surface area (Å²) in [5.41, 5.74) is 0. The molecule has 0 heteroatoms. The summed E-state index contributed by atoms with van der Waals surface area (Å²) in [6, 6.07) is 20.3. The lowest BCUT2D eigenvalue weighted by molar-refractivity contribution is 1.65. The average molecular weight is 206 g/mol. The summed E-state index contributed by atoms with van der Waals surface area (Å²) < 4.78 is 0. The third-order valence-corrected chi connectivity index (χ3v) is 2.41. The van der Waals surface area contributed by atoms with Crippen molar-refractivity contribution in [1.82, 2.24) is 0 Å². The number of hydrogen-bond donors (Lipinski definition) is 0. The van der Waals surface area contributed by atoms with Crippen molar-refractivity contribution >= 4 is 23.9 Å². The Morgan fingerprint density at radius 3 is 1.38 bits per heavy atom. The molecule has 0 heterocycles. The normalized spacial score (nSPS) is 9.75. The minimum absolute atomic E-state index is 0.998. The predicted octanol–water partition coefficient (Wildman–Crippen LogP) is 2.78. The smallest absolute Gasteiger partial charge is 0.0178 e. The van der Waals surface area contributed by atoms with Gasteiger partial charge in [0.1, 0.15) is 0 Å². The molecule has 0 spiro atoms. The van der Waals surface area contributed by atoms with Gasteiger partial charge in [0.2, 0.25) is 0 Å². The molecule has 0 unspecified atom stereocenters. The molecule has 0 saturated carbocycles. The van der Waals surface area contributed by atoms with E-state index in [4.69, 9.17) is 0 Å². The van der Waals surface area contributed by atoms with Crippen LogP contribution in [-0.2, 0) is 0 Å². The van der Waals surface area contributed by atoms with Crippen LogP contribution >= 0.6 is 0 Å². The molecule has 0 aromatic heterocycles. The molecule has 0 aliphatic carbocycles. The molecule has 2 aromatic carbocycles. The Hall–Kier alpha value is -2.08. The third-order valence-electron chi connectivity index (χ3n) is 2.41. The second-order valence-electron chi connectivity index (χ2n) is 3.79. The molecule has 0 atom stereocenters. The molecule has 78 valence electrons. The van der Waals surface area contributed by atoms with Gasteiger partial charge in [-0.05, 0) is 33.3 Å². The van der Waals surface area contributed by atoms with Crippen LogP contribution in [0.2, 0.25) is 0 Å². The van der Waals surface area contributed by atoms with Crippen LogP contribution in [0.5, 0.6) is 0 Å². The molecule has 0 radical (unpaired) electrons. The average Bonchev–Trinajstić information content (AvgIpc) is 2.27. The highest BCUT2D eigenvalue weighted by Crippen LogP contribution is 2.06. The SMILES string of the molecule is C=c1ccccc(=C)cc2ccccc2c1. The van der Waals surface area contributed by atoms with E-state index in [1.807, 2.05) is 36.4 Å². The summed E-state index contributed by atoms with van der Waals surface area (Å²) in [7, 11) is 0. The lowest BCUT2D eigenvalue weighted by Crippen LogP contribution is -1.94. The molecule has 0 aliphatic rings. The number of hydrogen-bond acceptors (Lipinski definition) is 0. The third kappa shape index (κ3) is 2.48. The van der Waals surface area contributed by atoms with Crippen LogP contribution in [0.1, 0.15) is 0 Å². The van der Waals surface area contributed by atoms with Gasteiger partial charge in [-0.25, -0.2) is 0 Å². The summed E-state index contributed by atoms with van der Waals surface area (Å²) >= 11 is 0. The van der Waals surface area contributed by atoms with Gasteiger partial charge >= 0.3 is 0 Å². The highest BCUT2D eigenvalue weighted by atomic mass is 13.9. The van der Waals surface area contributed by atoms with E-state index in [-0.39, 0.29) is 0 Å². The fourth-order valence-corrected chi connectivity index (χ4v) is 1.63. The molecule has 0 nitrogen and oxygen atoms in total. The van der Waals surface area contributed by atoms with E-state index in [0.29, 0.717) is 0 Å². The zero-order valence-electron chi connectivity index (χ0n) is 9.19. The van der Waals surface area contributed by atoms with E-state index in [9.17, 15) is 0 Å². The van der Waals surface area contributed by atoms with Crippen LogP contribution in [0.3, 0.4) is 0 Å². The van der Waals surface area contributed by atoms with Crippen LogP contribution in [-0.4, -0.2) is 0 Å². The molecular weight excluding hydrogens is 192 g/mol. The molecule has 2 rings (SSSR count). The van der Waals surface area contributed by atoms with Gasteiger partial charge in [-0.15, -0.1) is 0 Å². The van der Waals surface area contributed by atoms with E-state index < -0.39 is 0 Å². The number of benzene rings is 1. The van der Waals surface area contributed by atoms with E-state index in [1.54, 1.807) is 0 Å². The monoisotopic (exact) mass is 206 g/mol. The van der Waals surface area contributed by atoms with Crippen LogP contribution < -0.4 is 10.4 Å². The molecule has 0 N–H and O–H groups in total.